The molecule has 1 N–H and O–H groups in total. The highest BCUT2D eigenvalue weighted by molar-refractivity contribution is 5.96. The number of nitrogens with zero attached hydrogens (tertiary/aromatic N) is 3. The number of hydrogen-bond acceptors (Lipinski definition) is 4. The zero-order valence-electron chi connectivity index (χ0n) is 15.0. The molecule has 3 rings (SSSR count). The quantitative estimate of drug-likeness (QED) is 0.897. The molecule has 136 valence electrons. The summed E-state index contributed by atoms with van der Waals surface area (Å²) >= 11 is 0. The van der Waals surface area contributed by atoms with E-state index in [1.165, 1.54) is 9.47 Å². The zero-order chi connectivity index (χ0) is 19.0. The van der Waals surface area contributed by atoms with Crippen molar-refractivity contribution in [2.24, 2.45) is 13.0 Å². The molecule has 0 aliphatic carbocycles. The van der Waals surface area contributed by atoms with E-state index in [0.717, 1.165) is 5.69 Å². The number of aromatic nitrogens is 2. The minimum Gasteiger partial charge on any atom is -0.481 e. The van der Waals surface area contributed by atoms with Crippen LogP contribution in [0.15, 0.2) is 35.3 Å². The van der Waals surface area contributed by atoms with Crippen LogP contribution in [0.4, 0.5) is 0 Å². The minimum atomic E-state index is -0.968. The molecule has 0 unspecified atom stereocenters. The number of carbonyl (C=O) groups is 2. The summed E-state index contributed by atoms with van der Waals surface area (Å²) < 4.78 is 1.43. The van der Waals surface area contributed by atoms with Crippen LogP contribution in [-0.4, -0.2) is 44.5 Å². The van der Waals surface area contributed by atoms with Crippen LogP contribution in [0.25, 0.3) is 0 Å². The molecule has 1 aliphatic rings. The lowest BCUT2D eigenvalue weighted by Gasteiger charge is -2.18. The Bertz CT molecular complexity index is 920. The Hall–Kier alpha value is -2.96. The van der Waals surface area contributed by atoms with E-state index in [9.17, 15) is 19.5 Å². The second-order valence-electron chi connectivity index (χ2n) is 6.72. The first kappa shape index (κ1) is 17.8. The van der Waals surface area contributed by atoms with Gasteiger partial charge in [0.2, 0.25) is 0 Å². The summed E-state index contributed by atoms with van der Waals surface area (Å²) in [5.41, 5.74) is 1.75. The summed E-state index contributed by atoms with van der Waals surface area (Å²) in [5.74, 6) is -2.53. The first-order valence-corrected chi connectivity index (χ1v) is 8.41. The average Bonchev–Trinajstić information content (AvgIpc) is 3.06. The lowest BCUT2D eigenvalue weighted by Crippen LogP contribution is -2.37. The Balaban J connectivity index is 1.96. The van der Waals surface area contributed by atoms with E-state index in [0.29, 0.717) is 11.3 Å². The van der Waals surface area contributed by atoms with Crippen molar-refractivity contribution in [2.45, 2.75) is 19.8 Å². The number of likely N-dealkylation sites (tertiary alicyclic amines) is 1. The predicted octanol–water partition coefficient (Wildman–Crippen LogP) is 1.34. The third-order valence-electron chi connectivity index (χ3n) is 5.07. The number of rotatable bonds is 3. The molecule has 1 saturated heterocycles. The summed E-state index contributed by atoms with van der Waals surface area (Å²) in [5, 5.41) is 9.57. The first-order valence-electron chi connectivity index (χ1n) is 8.41. The normalized spacial score (nSPS) is 19.6. The maximum atomic E-state index is 13.0. The second-order valence-corrected chi connectivity index (χ2v) is 6.72. The molecule has 0 bridgehead atoms. The molecule has 0 spiro atoms. The van der Waals surface area contributed by atoms with E-state index < -0.39 is 23.7 Å². The van der Waals surface area contributed by atoms with Gasteiger partial charge in [-0.15, -0.1) is 0 Å². The standard InChI is InChI=1S/C19H21N3O4/c1-11-8-12(2)21(3)17(23)16(11)18(24)22-9-13(14(10-22)19(25)26)15-6-4-5-7-20-15/h4-8,13-14H,9-10H2,1-3H3,(H,25,26)/t13-,14-/m1/s1. The summed E-state index contributed by atoms with van der Waals surface area (Å²) in [6.45, 7) is 3.81. The van der Waals surface area contributed by atoms with Gasteiger partial charge in [0.05, 0.1) is 5.92 Å². The van der Waals surface area contributed by atoms with E-state index >= 15 is 0 Å². The maximum absolute atomic E-state index is 13.0. The smallest absolute Gasteiger partial charge is 0.309 e. The third-order valence-corrected chi connectivity index (χ3v) is 5.07. The van der Waals surface area contributed by atoms with Gasteiger partial charge in [0, 0.05) is 43.6 Å². The largest absolute Gasteiger partial charge is 0.481 e. The van der Waals surface area contributed by atoms with Crippen molar-refractivity contribution in [3.63, 3.8) is 0 Å². The van der Waals surface area contributed by atoms with E-state index in [-0.39, 0.29) is 24.2 Å². The van der Waals surface area contributed by atoms with Crippen LogP contribution in [0, 0.1) is 19.8 Å². The molecule has 0 aromatic carbocycles. The highest BCUT2D eigenvalue weighted by Crippen LogP contribution is 2.32. The zero-order valence-corrected chi connectivity index (χ0v) is 15.0. The number of aliphatic carboxylic acids is 1. The van der Waals surface area contributed by atoms with Crippen molar-refractivity contribution in [1.82, 2.24) is 14.5 Å². The molecule has 1 aliphatic heterocycles. The van der Waals surface area contributed by atoms with Crippen molar-refractivity contribution in [1.29, 1.82) is 0 Å². The van der Waals surface area contributed by atoms with E-state index in [1.54, 1.807) is 51.4 Å². The molecular weight excluding hydrogens is 334 g/mol. The Morgan fingerprint density at radius 1 is 1.23 bits per heavy atom. The van der Waals surface area contributed by atoms with Gasteiger partial charge in [0.1, 0.15) is 5.56 Å². The van der Waals surface area contributed by atoms with Crippen molar-refractivity contribution in [2.75, 3.05) is 13.1 Å². The number of carboxylic acids is 1. The molecule has 26 heavy (non-hydrogen) atoms. The number of carbonyl (C=O) groups excluding carboxylic acids is 1. The minimum absolute atomic E-state index is 0.0614. The van der Waals surface area contributed by atoms with Crippen LogP contribution in [0.1, 0.15) is 33.2 Å². The lowest BCUT2D eigenvalue weighted by atomic mass is 9.93. The second kappa shape index (κ2) is 6.74. The molecule has 2 aromatic rings. The van der Waals surface area contributed by atoms with Crippen LogP contribution in [0.2, 0.25) is 0 Å². The third kappa shape index (κ3) is 3.00. The van der Waals surface area contributed by atoms with Gasteiger partial charge < -0.3 is 14.6 Å². The molecular formula is C19H21N3O4. The summed E-state index contributed by atoms with van der Waals surface area (Å²) in [6.07, 6.45) is 1.61. The Labute approximate surface area is 150 Å². The number of carboxylic acid groups (broad SMARTS) is 1. The fourth-order valence-corrected chi connectivity index (χ4v) is 3.51. The van der Waals surface area contributed by atoms with Gasteiger partial charge in [0.25, 0.3) is 11.5 Å². The summed E-state index contributed by atoms with van der Waals surface area (Å²) in [6, 6.07) is 7.11. The van der Waals surface area contributed by atoms with Crippen LogP contribution < -0.4 is 5.56 Å². The Morgan fingerprint density at radius 2 is 1.96 bits per heavy atom. The topological polar surface area (TPSA) is 92.5 Å². The van der Waals surface area contributed by atoms with E-state index in [2.05, 4.69) is 4.98 Å². The van der Waals surface area contributed by atoms with Gasteiger partial charge in [-0.05, 0) is 37.6 Å². The van der Waals surface area contributed by atoms with Gasteiger partial charge in [-0.2, -0.15) is 0 Å². The van der Waals surface area contributed by atoms with E-state index in [4.69, 9.17) is 0 Å². The van der Waals surface area contributed by atoms with Crippen LogP contribution in [-0.2, 0) is 11.8 Å². The Kier molecular flexibility index (Phi) is 4.63. The van der Waals surface area contributed by atoms with Crippen molar-refractivity contribution >= 4 is 11.9 Å². The van der Waals surface area contributed by atoms with Gasteiger partial charge >= 0.3 is 5.97 Å². The molecule has 1 fully saturated rings. The van der Waals surface area contributed by atoms with Crippen molar-refractivity contribution < 1.29 is 14.7 Å². The maximum Gasteiger partial charge on any atom is 0.309 e. The molecule has 7 heteroatoms. The highest BCUT2D eigenvalue weighted by atomic mass is 16.4. The Morgan fingerprint density at radius 3 is 2.58 bits per heavy atom. The number of amides is 1. The molecule has 0 saturated carbocycles. The highest BCUT2D eigenvalue weighted by Gasteiger charge is 2.42. The average molecular weight is 355 g/mol. The van der Waals surface area contributed by atoms with Gasteiger partial charge in [-0.1, -0.05) is 6.07 Å². The van der Waals surface area contributed by atoms with Crippen LogP contribution in [0.3, 0.4) is 0 Å². The fourth-order valence-electron chi connectivity index (χ4n) is 3.51. The van der Waals surface area contributed by atoms with Gasteiger partial charge in [-0.25, -0.2) is 0 Å². The number of aryl methyl sites for hydroxylation is 2. The lowest BCUT2D eigenvalue weighted by molar-refractivity contribution is -0.141. The molecule has 1 amide bonds. The van der Waals surface area contributed by atoms with Crippen molar-refractivity contribution in [3.05, 3.63) is 63.3 Å². The van der Waals surface area contributed by atoms with E-state index in [1.807, 2.05) is 0 Å². The molecule has 2 aromatic heterocycles. The van der Waals surface area contributed by atoms with Gasteiger partial charge in [0.15, 0.2) is 0 Å². The monoisotopic (exact) mass is 355 g/mol. The van der Waals surface area contributed by atoms with Crippen molar-refractivity contribution in [3.8, 4) is 0 Å². The van der Waals surface area contributed by atoms with Crippen LogP contribution in [0.5, 0.6) is 0 Å². The molecule has 3 heterocycles. The number of hydrogen-bond donors (Lipinski definition) is 1. The molecule has 0 radical (unpaired) electrons. The predicted molar refractivity (Wildman–Crippen MR) is 95.2 cm³/mol. The van der Waals surface area contributed by atoms with Gasteiger partial charge in [-0.3, -0.25) is 19.4 Å². The SMILES string of the molecule is Cc1cc(C)n(C)c(=O)c1C(=O)N1C[C@@H](C(=O)O)[C@H](c2ccccn2)C1. The number of pyridine rings is 2. The molecule has 7 nitrogen and oxygen atoms in total. The molecule has 2 atom stereocenters. The fraction of sp³-hybridized carbons (Fsp3) is 0.368. The summed E-state index contributed by atoms with van der Waals surface area (Å²) in [4.78, 5) is 43.0. The first-order chi connectivity index (χ1) is 12.3. The summed E-state index contributed by atoms with van der Waals surface area (Å²) in [7, 11) is 1.62. The van der Waals surface area contributed by atoms with Crippen LogP contribution >= 0.6 is 0 Å².